The second kappa shape index (κ2) is 7.14. The predicted octanol–water partition coefficient (Wildman–Crippen LogP) is 1.05. The molecule has 1 aromatic rings. The highest BCUT2D eigenvalue weighted by Gasteiger charge is 2.26. The van der Waals surface area contributed by atoms with Gasteiger partial charge in [0.05, 0.1) is 10.6 Å². The average Bonchev–Trinajstić information content (AvgIpc) is 2.39. The van der Waals surface area contributed by atoms with Gasteiger partial charge >= 0.3 is 5.97 Å². The van der Waals surface area contributed by atoms with Crippen molar-refractivity contribution in [2.45, 2.75) is 11.8 Å². The molecular formula is C13H15FN2O5S. The molecule has 1 rings (SSSR count). The van der Waals surface area contributed by atoms with Crippen LogP contribution in [0, 0.1) is 5.82 Å². The van der Waals surface area contributed by atoms with Gasteiger partial charge < -0.3 is 10.4 Å². The standard InChI is InChI=1S/C13H15FN2O5S/c1-3-6-16(8-13(18)19)22(20,21)10-4-5-12(11(14)7-10)15-9(2)17/h3-5,7H,1,6,8H2,2H3,(H,15,17)(H,18,19). The quantitative estimate of drug-likeness (QED) is 0.727. The van der Waals surface area contributed by atoms with Crippen molar-refractivity contribution in [1.82, 2.24) is 4.31 Å². The van der Waals surface area contributed by atoms with E-state index in [9.17, 15) is 22.4 Å². The van der Waals surface area contributed by atoms with Gasteiger partial charge in [-0.3, -0.25) is 9.59 Å². The van der Waals surface area contributed by atoms with E-state index in [0.29, 0.717) is 4.31 Å². The van der Waals surface area contributed by atoms with E-state index in [4.69, 9.17) is 5.11 Å². The van der Waals surface area contributed by atoms with Crippen LogP contribution in [0.2, 0.25) is 0 Å². The van der Waals surface area contributed by atoms with Gasteiger partial charge in [0.15, 0.2) is 0 Å². The number of sulfonamides is 1. The Morgan fingerprint density at radius 2 is 2.09 bits per heavy atom. The summed E-state index contributed by atoms with van der Waals surface area (Å²) in [7, 11) is -4.20. The van der Waals surface area contributed by atoms with Crippen LogP contribution in [0.4, 0.5) is 10.1 Å². The summed E-state index contributed by atoms with van der Waals surface area (Å²) >= 11 is 0. The monoisotopic (exact) mass is 330 g/mol. The summed E-state index contributed by atoms with van der Waals surface area (Å²) in [6.45, 7) is 3.54. The number of amides is 1. The number of carboxylic acids is 1. The normalized spacial score (nSPS) is 11.2. The highest BCUT2D eigenvalue weighted by molar-refractivity contribution is 7.89. The number of halogens is 1. The van der Waals surface area contributed by atoms with Crippen LogP contribution in [-0.2, 0) is 19.6 Å². The largest absolute Gasteiger partial charge is 0.480 e. The number of carboxylic acid groups (broad SMARTS) is 1. The molecule has 7 nitrogen and oxygen atoms in total. The van der Waals surface area contributed by atoms with Crippen LogP contribution in [0.5, 0.6) is 0 Å². The number of aliphatic carboxylic acids is 1. The van der Waals surface area contributed by atoms with Crippen molar-refractivity contribution >= 4 is 27.6 Å². The van der Waals surface area contributed by atoms with E-state index in [-0.39, 0.29) is 12.2 Å². The van der Waals surface area contributed by atoms with Crippen LogP contribution in [-0.4, -0.2) is 42.8 Å². The van der Waals surface area contributed by atoms with E-state index in [2.05, 4.69) is 11.9 Å². The maximum absolute atomic E-state index is 13.8. The molecule has 22 heavy (non-hydrogen) atoms. The van der Waals surface area contributed by atoms with Gasteiger partial charge in [0.25, 0.3) is 0 Å². The highest BCUT2D eigenvalue weighted by Crippen LogP contribution is 2.22. The van der Waals surface area contributed by atoms with Gasteiger partial charge in [-0.1, -0.05) is 6.08 Å². The maximum Gasteiger partial charge on any atom is 0.318 e. The molecule has 0 spiro atoms. The fourth-order valence-corrected chi connectivity index (χ4v) is 3.01. The van der Waals surface area contributed by atoms with E-state index in [1.54, 1.807) is 0 Å². The Bertz CT molecular complexity index is 702. The van der Waals surface area contributed by atoms with Crippen molar-refractivity contribution in [1.29, 1.82) is 0 Å². The highest BCUT2D eigenvalue weighted by atomic mass is 32.2. The van der Waals surface area contributed by atoms with Gasteiger partial charge in [-0.05, 0) is 18.2 Å². The van der Waals surface area contributed by atoms with Crippen molar-refractivity contribution in [3.8, 4) is 0 Å². The van der Waals surface area contributed by atoms with Gasteiger partial charge in [0, 0.05) is 13.5 Å². The van der Waals surface area contributed by atoms with Gasteiger partial charge in [-0.25, -0.2) is 12.8 Å². The summed E-state index contributed by atoms with van der Waals surface area (Å²) in [6.07, 6.45) is 1.22. The lowest BCUT2D eigenvalue weighted by atomic mass is 10.3. The Hall–Kier alpha value is -2.26. The molecule has 1 amide bonds. The van der Waals surface area contributed by atoms with Crippen molar-refractivity contribution in [3.63, 3.8) is 0 Å². The van der Waals surface area contributed by atoms with E-state index >= 15 is 0 Å². The molecule has 0 saturated carbocycles. The summed E-state index contributed by atoms with van der Waals surface area (Å²) in [5, 5.41) is 11.0. The van der Waals surface area contributed by atoms with Gasteiger partial charge in [0.2, 0.25) is 15.9 Å². The Morgan fingerprint density at radius 3 is 2.55 bits per heavy atom. The van der Waals surface area contributed by atoms with Crippen LogP contribution in [0.15, 0.2) is 35.7 Å². The van der Waals surface area contributed by atoms with Crippen LogP contribution < -0.4 is 5.32 Å². The molecule has 0 heterocycles. The Balaban J connectivity index is 3.20. The Labute approximate surface area is 127 Å². The minimum absolute atomic E-state index is 0.167. The Morgan fingerprint density at radius 1 is 1.45 bits per heavy atom. The summed E-state index contributed by atoms with van der Waals surface area (Å²) < 4.78 is 39.1. The summed E-state index contributed by atoms with van der Waals surface area (Å²) in [6, 6.07) is 2.90. The second-order valence-electron chi connectivity index (χ2n) is 4.30. The second-order valence-corrected chi connectivity index (χ2v) is 6.24. The summed E-state index contributed by atoms with van der Waals surface area (Å²) in [5.74, 6) is -2.79. The van der Waals surface area contributed by atoms with Gasteiger partial charge in [0.1, 0.15) is 12.4 Å². The minimum atomic E-state index is -4.20. The molecule has 0 fully saturated rings. The first-order valence-electron chi connectivity index (χ1n) is 6.08. The van der Waals surface area contributed by atoms with E-state index in [1.165, 1.54) is 13.0 Å². The van der Waals surface area contributed by atoms with E-state index in [0.717, 1.165) is 18.2 Å². The van der Waals surface area contributed by atoms with Crippen LogP contribution in [0.3, 0.4) is 0 Å². The molecule has 0 unspecified atom stereocenters. The number of anilines is 1. The number of rotatable bonds is 7. The van der Waals surface area contributed by atoms with Crippen molar-refractivity contribution in [3.05, 3.63) is 36.7 Å². The summed E-state index contributed by atoms with van der Waals surface area (Å²) in [5.41, 5.74) is -0.167. The maximum atomic E-state index is 13.8. The zero-order valence-corrected chi connectivity index (χ0v) is 12.6. The van der Waals surface area contributed by atoms with E-state index < -0.39 is 39.2 Å². The fraction of sp³-hybridized carbons (Fsp3) is 0.231. The minimum Gasteiger partial charge on any atom is -0.480 e. The van der Waals surface area contributed by atoms with Crippen molar-refractivity contribution < 1.29 is 27.5 Å². The van der Waals surface area contributed by atoms with E-state index in [1.807, 2.05) is 0 Å². The molecule has 1 aromatic carbocycles. The first-order chi connectivity index (χ1) is 10.2. The number of carbonyl (C=O) groups excluding carboxylic acids is 1. The lowest BCUT2D eigenvalue weighted by Gasteiger charge is -2.19. The lowest BCUT2D eigenvalue weighted by Crippen LogP contribution is -2.35. The molecule has 0 atom stereocenters. The molecule has 0 saturated heterocycles. The smallest absolute Gasteiger partial charge is 0.318 e. The molecular weight excluding hydrogens is 315 g/mol. The van der Waals surface area contributed by atoms with Crippen LogP contribution in [0.25, 0.3) is 0 Å². The predicted molar refractivity (Wildman–Crippen MR) is 77.3 cm³/mol. The number of hydrogen-bond donors (Lipinski definition) is 2. The number of benzene rings is 1. The fourth-order valence-electron chi connectivity index (χ4n) is 1.64. The van der Waals surface area contributed by atoms with Gasteiger partial charge in [-0.15, -0.1) is 6.58 Å². The number of carbonyl (C=O) groups is 2. The molecule has 0 aliphatic carbocycles. The third-order valence-electron chi connectivity index (χ3n) is 2.53. The number of nitrogens with one attached hydrogen (secondary N) is 1. The molecule has 9 heteroatoms. The first kappa shape index (κ1) is 17.8. The zero-order chi connectivity index (χ0) is 16.9. The van der Waals surface area contributed by atoms with Crippen molar-refractivity contribution in [2.75, 3.05) is 18.4 Å². The average molecular weight is 330 g/mol. The molecule has 0 aliphatic rings. The topological polar surface area (TPSA) is 104 Å². The molecule has 0 aliphatic heterocycles. The number of hydrogen-bond acceptors (Lipinski definition) is 4. The molecule has 0 bridgehead atoms. The third-order valence-corrected chi connectivity index (χ3v) is 4.34. The molecule has 120 valence electrons. The Kier molecular flexibility index (Phi) is 5.77. The SMILES string of the molecule is C=CCN(CC(=O)O)S(=O)(=O)c1ccc(NC(C)=O)c(F)c1. The summed E-state index contributed by atoms with van der Waals surface area (Å²) in [4.78, 5) is 21.2. The lowest BCUT2D eigenvalue weighted by molar-refractivity contribution is -0.137. The van der Waals surface area contributed by atoms with Gasteiger partial charge in [-0.2, -0.15) is 4.31 Å². The van der Waals surface area contributed by atoms with Crippen LogP contribution in [0.1, 0.15) is 6.92 Å². The number of nitrogens with zero attached hydrogens (tertiary/aromatic N) is 1. The zero-order valence-electron chi connectivity index (χ0n) is 11.7. The van der Waals surface area contributed by atoms with Crippen LogP contribution >= 0.6 is 0 Å². The third kappa shape index (κ3) is 4.37. The molecule has 2 N–H and O–H groups in total. The molecule has 0 aromatic heterocycles. The van der Waals surface area contributed by atoms with Crippen molar-refractivity contribution in [2.24, 2.45) is 0 Å². The molecule has 0 radical (unpaired) electrons. The first-order valence-corrected chi connectivity index (χ1v) is 7.52.